The number of aryl methyl sites for hydroxylation is 2. The molecule has 1 atom stereocenters. The second-order valence-corrected chi connectivity index (χ2v) is 6.02. The number of halogens is 1. The summed E-state index contributed by atoms with van der Waals surface area (Å²) in [6, 6.07) is 5.33. The summed E-state index contributed by atoms with van der Waals surface area (Å²) < 4.78 is 20.0. The van der Waals surface area contributed by atoms with E-state index in [0.29, 0.717) is 12.2 Å². The molecule has 1 unspecified atom stereocenters. The van der Waals surface area contributed by atoms with E-state index in [-0.39, 0.29) is 18.1 Å². The quantitative estimate of drug-likeness (QED) is 0.767. The first-order valence-electron chi connectivity index (χ1n) is 8.28. The molecule has 8 heteroatoms. The first-order valence-corrected chi connectivity index (χ1v) is 8.28. The Labute approximate surface area is 151 Å². The normalized spacial score (nSPS) is 11.7. The SMILES string of the molecule is Cc1nn(C)c(C)c1CCC(=O)NNC(=O)C(C)Oc1ccc(F)cc1. The number of ether oxygens (including phenoxy) is 1. The van der Waals surface area contributed by atoms with Gasteiger partial charge in [0.15, 0.2) is 6.10 Å². The lowest BCUT2D eigenvalue weighted by Gasteiger charge is -2.15. The van der Waals surface area contributed by atoms with Crippen LogP contribution in [0.2, 0.25) is 0 Å². The highest BCUT2D eigenvalue weighted by molar-refractivity contribution is 5.84. The molecule has 0 bridgehead atoms. The molecule has 140 valence electrons. The van der Waals surface area contributed by atoms with Crippen molar-refractivity contribution in [3.8, 4) is 5.75 Å². The molecule has 1 aromatic heterocycles. The van der Waals surface area contributed by atoms with Crippen LogP contribution in [0.15, 0.2) is 24.3 Å². The van der Waals surface area contributed by atoms with Crippen molar-refractivity contribution in [3.63, 3.8) is 0 Å². The van der Waals surface area contributed by atoms with Gasteiger partial charge in [-0.15, -0.1) is 0 Å². The fourth-order valence-corrected chi connectivity index (χ4v) is 2.48. The van der Waals surface area contributed by atoms with Crippen LogP contribution in [0.1, 0.15) is 30.3 Å². The van der Waals surface area contributed by atoms with Gasteiger partial charge in [-0.1, -0.05) is 0 Å². The van der Waals surface area contributed by atoms with E-state index >= 15 is 0 Å². The number of carbonyl (C=O) groups is 2. The topological polar surface area (TPSA) is 85.3 Å². The van der Waals surface area contributed by atoms with Gasteiger partial charge in [0.2, 0.25) is 5.91 Å². The number of hydrogen-bond acceptors (Lipinski definition) is 4. The summed E-state index contributed by atoms with van der Waals surface area (Å²) in [7, 11) is 1.86. The average Bonchev–Trinajstić information content (AvgIpc) is 2.85. The minimum Gasteiger partial charge on any atom is -0.481 e. The molecule has 2 amide bonds. The van der Waals surface area contributed by atoms with Crippen LogP contribution in [0.3, 0.4) is 0 Å². The molecule has 0 saturated heterocycles. The van der Waals surface area contributed by atoms with Gasteiger partial charge < -0.3 is 4.74 Å². The van der Waals surface area contributed by atoms with Gasteiger partial charge in [0.05, 0.1) is 5.69 Å². The Morgan fingerprint density at radius 1 is 1.23 bits per heavy atom. The van der Waals surface area contributed by atoms with Crippen molar-refractivity contribution < 1.29 is 18.7 Å². The molecule has 0 aliphatic heterocycles. The van der Waals surface area contributed by atoms with Crippen LogP contribution in [0.25, 0.3) is 0 Å². The molecule has 0 fully saturated rings. The standard InChI is InChI=1S/C18H23FN4O3/c1-11-16(12(2)23(4)22-11)9-10-17(24)20-21-18(25)13(3)26-15-7-5-14(19)6-8-15/h5-8,13H,9-10H2,1-4H3,(H,20,24)(H,21,25). The van der Waals surface area contributed by atoms with Crippen LogP contribution >= 0.6 is 0 Å². The monoisotopic (exact) mass is 362 g/mol. The van der Waals surface area contributed by atoms with Crippen molar-refractivity contribution in [2.75, 3.05) is 0 Å². The van der Waals surface area contributed by atoms with Crippen LogP contribution in [0.4, 0.5) is 4.39 Å². The highest BCUT2D eigenvalue weighted by Gasteiger charge is 2.16. The Hall–Kier alpha value is -2.90. The lowest BCUT2D eigenvalue weighted by Crippen LogP contribution is -2.47. The second kappa shape index (κ2) is 8.46. The molecule has 2 N–H and O–H groups in total. The summed E-state index contributed by atoms with van der Waals surface area (Å²) in [4.78, 5) is 23.9. The number of rotatable bonds is 6. The third-order valence-corrected chi connectivity index (χ3v) is 4.08. The number of hydrogen-bond donors (Lipinski definition) is 2. The second-order valence-electron chi connectivity index (χ2n) is 6.02. The molecule has 1 heterocycles. The zero-order chi connectivity index (χ0) is 19.3. The van der Waals surface area contributed by atoms with Crippen molar-refractivity contribution in [2.24, 2.45) is 7.05 Å². The van der Waals surface area contributed by atoms with Crippen LogP contribution < -0.4 is 15.6 Å². The summed E-state index contributed by atoms with van der Waals surface area (Å²) in [5, 5.41) is 4.31. The van der Waals surface area contributed by atoms with Crippen molar-refractivity contribution in [1.82, 2.24) is 20.6 Å². The van der Waals surface area contributed by atoms with Gasteiger partial charge in [0, 0.05) is 19.2 Å². The molecule has 2 aromatic rings. The number of nitrogens with zero attached hydrogens (tertiary/aromatic N) is 2. The third-order valence-electron chi connectivity index (χ3n) is 4.08. The molecule has 0 aliphatic carbocycles. The fourth-order valence-electron chi connectivity index (χ4n) is 2.48. The van der Waals surface area contributed by atoms with Crippen molar-refractivity contribution in [2.45, 2.75) is 39.7 Å². The Morgan fingerprint density at radius 3 is 2.46 bits per heavy atom. The van der Waals surface area contributed by atoms with E-state index in [1.807, 2.05) is 20.9 Å². The van der Waals surface area contributed by atoms with Crippen molar-refractivity contribution >= 4 is 11.8 Å². The number of nitrogens with one attached hydrogen (secondary N) is 2. The number of carbonyl (C=O) groups excluding carboxylic acids is 2. The first kappa shape index (κ1) is 19.4. The number of hydrazine groups is 1. The summed E-state index contributed by atoms with van der Waals surface area (Å²) >= 11 is 0. The summed E-state index contributed by atoms with van der Waals surface area (Å²) in [5.41, 5.74) is 7.63. The van der Waals surface area contributed by atoms with Gasteiger partial charge >= 0.3 is 0 Å². The van der Waals surface area contributed by atoms with Crippen LogP contribution in [-0.4, -0.2) is 27.7 Å². The van der Waals surface area contributed by atoms with Crippen LogP contribution in [0.5, 0.6) is 5.75 Å². The molecule has 0 spiro atoms. The van der Waals surface area contributed by atoms with Crippen molar-refractivity contribution in [1.29, 1.82) is 0 Å². The van der Waals surface area contributed by atoms with Gasteiger partial charge in [0.25, 0.3) is 5.91 Å². The Bertz CT molecular complexity index is 786. The third kappa shape index (κ3) is 5.05. The number of benzene rings is 1. The molecule has 0 saturated carbocycles. The highest BCUT2D eigenvalue weighted by Crippen LogP contribution is 2.14. The molecule has 26 heavy (non-hydrogen) atoms. The zero-order valence-electron chi connectivity index (χ0n) is 15.3. The van der Waals surface area contributed by atoms with E-state index in [4.69, 9.17) is 4.74 Å². The number of amides is 2. The molecule has 7 nitrogen and oxygen atoms in total. The van der Waals surface area contributed by atoms with Crippen LogP contribution in [-0.2, 0) is 23.1 Å². The Morgan fingerprint density at radius 2 is 1.88 bits per heavy atom. The van der Waals surface area contributed by atoms with Crippen molar-refractivity contribution in [3.05, 3.63) is 47.0 Å². The van der Waals surface area contributed by atoms with E-state index in [0.717, 1.165) is 17.0 Å². The predicted molar refractivity (Wildman–Crippen MR) is 93.8 cm³/mol. The fraction of sp³-hybridized carbons (Fsp3) is 0.389. The molecule has 2 rings (SSSR count). The van der Waals surface area contributed by atoms with Crippen LogP contribution in [0, 0.1) is 19.7 Å². The van der Waals surface area contributed by atoms with Gasteiger partial charge in [-0.25, -0.2) is 4.39 Å². The first-order chi connectivity index (χ1) is 12.3. The Balaban J connectivity index is 1.77. The maximum absolute atomic E-state index is 12.9. The number of aromatic nitrogens is 2. The van der Waals surface area contributed by atoms with E-state index in [2.05, 4.69) is 16.0 Å². The molecule has 0 radical (unpaired) electrons. The van der Waals surface area contributed by atoms with Gasteiger partial charge in [-0.2, -0.15) is 5.10 Å². The van der Waals surface area contributed by atoms with E-state index in [9.17, 15) is 14.0 Å². The summed E-state index contributed by atoms with van der Waals surface area (Å²) in [6.07, 6.45) is -0.0843. The molecular weight excluding hydrogens is 339 g/mol. The van der Waals surface area contributed by atoms with E-state index in [1.165, 1.54) is 31.2 Å². The largest absolute Gasteiger partial charge is 0.481 e. The van der Waals surface area contributed by atoms with Gasteiger partial charge in [-0.05, 0) is 57.0 Å². The maximum atomic E-state index is 12.9. The molecule has 0 aliphatic rings. The van der Waals surface area contributed by atoms with Gasteiger partial charge in [0.1, 0.15) is 11.6 Å². The predicted octanol–water partition coefficient (Wildman–Crippen LogP) is 1.72. The minimum absolute atomic E-state index is 0.223. The lowest BCUT2D eigenvalue weighted by molar-refractivity contribution is -0.132. The van der Waals surface area contributed by atoms with Gasteiger partial charge in [-0.3, -0.25) is 25.1 Å². The van der Waals surface area contributed by atoms with E-state index in [1.54, 1.807) is 4.68 Å². The minimum atomic E-state index is -0.844. The molecular formula is C18H23FN4O3. The zero-order valence-corrected chi connectivity index (χ0v) is 15.3. The smallest absolute Gasteiger partial charge is 0.279 e. The molecule has 1 aromatic carbocycles. The van der Waals surface area contributed by atoms with E-state index < -0.39 is 12.0 Å². The Kier molecular flexibility index (Phi) is 6.32. The maximum Gasteiger partial charge on any atom is 0.279 e. The summed E-state index contributed by atoms with van der Waals surface area (Å²) in [6.45, 7) is 5.38. The average molecular weight is 362 g/mol. The summed E-state index contributed by atoms with van der Waals surface area (Å²) in [5.74, 6) is -0.838. The highest BCUT2D eigenvalue weighted by atomic mass is 19.1. The lowest BCUT2D eigenvalue weighted by atomic mass is 10.1.